The first-order valence-electron chi connectivity index (χ1n) is 7.40. The molecule has 1 aromatic rings. The highest BCUT2D eigenvalue weighted by Crippen LogP contribution is 2.30. The van der Waals surface area contributed by atoms with E-state index in [1.165, 1.54) is 18.4 Å². The normalized spacial score (nSPS) is 32.8. The van der Waals surface area contributed by atoms with E-state index in [1.807, 2.05) is 0 Å². The maximum absolute atomic E-state index is 3.75. The second kappa shape index (κ2) is 5.10. The van der Waals surface area contributed by atoms with Crippen molar-refractivity contribution in [3.63, 3.8) is 0 Å². The van der Waals surface area contributed by atoms with Crippen molar-refractivity contribution in [2.75, 3.05) is 13.1 Å². The molecule has 1 aromatic carbocycles. The summed E-state index contributed by atoms with van der Waals surface area (Å²) >= 11 is 0. The monoisotopic (exact) mass is 256 g/mol. The average molecular weight is 256 g/mol. The van der Waals surface area contributed by atoms with Crippen molar-refractivity contribution >= 4 is 0 Å². The lowest BCUT2D eigenvalue weighted by Gasteiger charge is -2.48. The quantitative estimate of drug-likeness (QED) is 0.819. The Kier molecular flexibility index (Phi) is 3.46. The number of piperazine rings is 1. The van der Waals surface area contributed by atoms with Crippen LogP contribution in [-0.4, -0.2) is 30.1 Å². The first-order chi connectivity index (χ1) is 9.19. The summed E-state index contributed by atoms with van der Waals surface area (Å²) in [7, 11) is 0. The van der Waals surface area contributed by atoms with Crippen LogP contribution >= 0.6 is 0 Å². The van der Waals surface area contributed by atoms with E-state index in [-0.39, 0.29) is 5.54 Å². The van der Waals surface area contributed by atoms with E-state index < -0.39 is 0 Å². The van der Waals surface area contributed by atoms with Crippen LogP contribution in [0.15, 0.2) is 42.5 Å². The maximum atomic E-state index is 3.75. The standard InChI is InChI=1S/C17H24N2/c1-14-12-18-17(2,15-8-4-3-5-9-15)13-19(14)16-10-6-7-11-16/h3-9,14,16,18H,10-13H2,1-2H3. The van der Waals surface area contributed by atoms with Crippen molar-refractivity contribution < 1.29 is 0 Å². The molecule has 19 heavy (non-hydrogen) atoms. The number of nitrogens with one attached hydrogen (secondary N) is 1. The van der Waals surface area contributed by atoms with Gasteiger partial charge in [0.15, 0.2) is 0 Å². The van der Waals surface area contributed by atoms with Crippen molar-refractivity contribution in [2.45, 2.75) is 44.3 Å². The number of nitrogens with zero attached hydrogens (tertiary/aromatic N) is 1. The summed E-state index contributed by atoms with van der Waals surface area (Å²) in [6.45, 7) is 6.85. The minimum atomic E-state index is 0.0797. The van der Waals surface area contributed by atoms with E-state index in [9.17, 15) is 0 Å². The SMILES string of the molecule is CC1CNC(C)(c2ccccc2)CN1C1CC=CC1. The van der Waals surface area contributed by atoms with Crippen LogP contribution in [0.3, 0.4) is 0 Å². The molecule has 2 aliphatic rings. The third-order valence-electron chi connectivity index (χ3n) is 4.72. The van der Waals surface area contributed by atoms with Crippen molar-refractivity contribution in [2.24, 2.45) is 0 Å². The topological polar surface area (TPSA) is 15.3 Å². The van der Waals surface area contributed by atoms with E-state index in [1.54, 1.807) is 0 Å². The first kappa shape index (κ1) is 12.9. The van der Waals surface area contributed by atoms with Crippen LogP contribution in [-0.2, 0) is 5.54 Å². The Morgan fingerprint density at radius 2 is 1.84 bits per heavy atom. The number of hydrogen-bond donors (Lipinski definition) is 1. The molecule has 1 saturated heterocycles. The highest BCUT2D eigenvalue weighted by atomic mass is 15.3. The highest BCUT2D eigenvalue weighted by Gasteiger charge is 2.38. The van der Waals surface area contributed by atoms with Gasteiger partial charge in [-0.25, -0.2) is 0 Å². The minimum Gasteiger partial charge on any atom is -0.305 e. The fourth-order valence-corrected chi connectivity index (χ4v) is 3.43. The summed E-state index contributed by atoms with van der Waals surface area (Å²) in [5.41, 5.74) is 1.48. The third-order valence-corrected chi connectivity index (χ3v) is 4.72. The molecule has 0 spiro atoms. The van der Waals surface area contributed by atoms with E-state index in [2.05, 4.69) is 66.5 Å². The molecule has 102 valence electrons. The van der Waals surface area contributed by atoms with Crippen molar-refractivity contribution in [1.82, 2.24) is 10.2 Å². The maximum Gasteiger partial charge on any atom is 0.0535 e. The molecular formula is C17H24N2. The zero-order valence-corrected chi connectivity index (χ0v) is 12.0. The van der Waals surface area contributed by atoms with E-state index in [0.717, 1.165) is 13.1 Å². The average Bonchev–Trinajstić information content (AvgIpc) is 2.97. The zero-order chi connectivity index (χ0) is 13.3. The van der Waals surface area contributed by atoms with Crippen LogP contribution in [0.2, 0.25) is 0 Å². The Morgan fingerprint density at radius 3 is 2.53 bits per heavy atom. The van der Waals surface area contributed by atoms with Crippen molar-refractivity contribution in [1.29, 1.82) is 0 Å². The van der Waals surface area contributed by atoms with Gasteiger partial charge in [-0.15, -0.1) is 0 Å². The van der Waals surface area contributed by atoms with Gasteiger partial charge in [0, 0.05) is 25.2 Å². The Hall–Kier alpha value is -1.12. The van der Waals surface area contributed by atoms with Gasteiger partial charge in [0.05, 0.1) is 5.54 Å². The predicted octanol–water partition coefficient (Wildman–Crippen LogP) is 2.91. The fraction of sp³-hybridized carbons (Fsp3) is 0.529. The molecule has 0 bridgehead atoms. The van der Waals surface area contributed by atoms with Gasteiger partial charge in [-0.05, 0) is 32.3 Å². The van der Waals surface area contributed by atoms with Crippen LogP contribution in [0.5, 0.6) is 0 Å². The van der Waals surface area contributed by atoms with Crippen LogP contribution < -0.4 is 5.32 Å². The van der Waals surface area contributed by atoms with Crippen molar-refractivity contribution in [3.05, 3.63) is 48.0 Å². The summed E-state index contributed by atoms with van der Waals surface area (Å²) in [6.07, 6.45) is 7.10. The lowest BCUT2D eigenvalue weighted by atomic mass is 9.87. The lowest BCUT2D eigenvalue weighted by Crippen LogP contribution is -2.62. The second-order valence-electron chi connectivity index (χ2n) is 6.20. The Bertz CT molecular complexity index is 446. The van der Waals surface area contributed by atoms with Crippen LogP contribution in [0.25, 0.3) is 0 Å². The zero-order valence-electron chi connectivity index (χ0n) is 12.0. The Balaban J connectivity index is 1.81. The van der Waals surface area contributed by atoms with E-state index >= 15 is 0 Å². The molecule has 2 atom stereocenters. The lowest BCUT2D eigenvalue weighted by molar-refractivity contribution is 0.0584. The number of rotatable bonds is 2. The summed E-state index contributed by atoms with van der Waals surface area (Å²) in [4.78, 5) is 2.70. The molecule has 2 heteroatoms. The minimum absolute atomic E-state index is 0.0797. The highest BCUT2D eigenvalue weighted by molar-refractivity contribution is 5.25. The van der Waals surface area contributed by atoms with Crippen molar-refractivity contribution in [3.8, 4) is 0 Å². The van der Waals surface area contributed by atoms with Gasteiger partial charge in [0.1, 0.15) is 0 Å². The van der Waals surface area contributed by atoms with Gasteiger partial charge in [-0.1, -0.05) is 42.5 Å². The molecule has 0 aromatic heterocycles. The van der Waals surface area contributed by atoms with Gasteiger partial charge < -0.3 is 5.32 Å². The van der Waals surface area contributed by atoms with E-state index in [4.69, 9.17) is 0 Å². The summed E-state index contributed by atoms with van der Waals surface area (Å²) in [5, 5.41) is 3.75. The first-order valence-corrected chi connectivity index (χ1v) is 7.40. The third kappa shape index (κ3) is 2.47. The summed E-state index contributed by atoms with van der Waals surface area (Å²) < 4.78 is 0. The van der Waals surface area contributed by atoms with Gasteiger partial charge >= 0.3 is 0 Å². The molecule has 2 unspecified atom stereocenters. The van der Waals surface area contributed by atoms with Gasteiger partial charge in [0.25, 0.3) is 0 Å². The number of benzene rings is 1. The molecular weight excluding hydrogens is 232 g/mol. The molecule has 2 nitrogen and oxygen atoms in total. The molecule has 1 aliphatic carbocycles. The molecule has 1 heterocycles. The van der Waals surface area contributed by atoms with Crippen LogP contribution in [0.4, 0.5) is 0 Å². The fourth-order valence-electron chi connectivity index (χ4n) is 3.43. The van der Waals surface area contributed by atoms with Crippen LogP contribution in [0, 0.1) is 0 Å². The smallest absolute Gasteiger partial charge is 0.0535 e. The Morgan fingerprint density at radius 1 is 1.16 bits per heavy atom. The molecule has 1 fully saturated rings. The largest absolute Gasteiger partial charge is 0.305 e. The van der Waals surface area contributed by atoms with Gasteiger partial charge in [0.2, 0.25) is 0 Å². The summed E-state index contributed by atoms with van der Waals surface area (Å²) in [6, 6.07) is 12.2. The number of hydrogen-bond acceptors (Lipinski definition) is 2. The molecule has 0 radical (unpaired) electrons. The molecule has 3 rings (SSSR count). The second-order valence-corrected chi connectivity index (χ2v) is 6.20. The molecule has 0 amide bonds. The summed E-state index contributed by atoms with van der Waals surface area (Å²) in [5.74, 6) is 0. The van der Waals surface area contributed by atoms with E-state index in [0.29, 0.717) is 12.1 Å². The Labute approximate surface area is 116 Å². The van der Waals surface area contributed by atoms with Crippen LogP contribution in [0.1, 0.15) is 32.3 Å². The molecule has 0 saturated carbocycles. The van der Waals surface area contributed by atoms with Gasteiger partial charge in [-0.2, -0.15) is 0 Å². The molecule has 1 aliphatic heterocycles. The predicted molar refractivity (Wildman–Crippen MR) is 80.1 cm³/mol. The van der Waals surface area contributed by atoms with Gasteiger partial charge in [-0.3, -0.25) is 4.90 Å². The molecule has 1 N–H and O–H groups in total.